The molecule has 0 aromatic heterocycles. The number of nitrogens with zero attached hydrogens (tertiary/aromatic N) is 1. The molecule has 0 aliphatic carbocycles. The highest BCUT2D eigenvalue weighted by molar-refractivity contribution is 5.97. The van der Waals surface area contributed by atoms with E-state index in [1.165, 1.54) is 11.0 Å². The zero-order valence-corrected chi connectivity index (χ0v) is 20.1. The van der Waals surface area contributed by atoms with Crippen LogP contribution in [-0.4, -0.2) is 70.2 Å². The van der Waals surface area contributed by atoms with Crippen molar-refractivity contribution in [3.63, 3.8) is 0 Å². The second kappa shape index (κ2) is 11.8. The van der Waals surface area contributed by atoms with Crippen molar-refractivity contribution in [3.8, 4) is 5.75 Å². The number of nitrogens with two attached hydrogens (primary N) is 1. The summed E-state index contributed by atoms with van der Waals surface area (Å²) in [6, 6.07) is 11.6. The summed E-state index contributed by atoms with van der Waals surface area (Å²) >= 11 is 0. The van der Waals surface area contributed by atoms with Crippen molar-refractivity contribution < 1.29 is 24.6 Å². The van der Waals surface area contributed by atoms with Crippen LogP contribution in [0.1, 0.15) is 41.3 Å². The Hall–Kier alpha value is -3.43. The summed E-state index contributed by atoms with van der Waals surface area (Å²) in [5.74, 6) is -1.52. The second-order valence-electron chi connectivity index (χ2n) is 8.96. The van der Waals surface area contributed by atoms with Crippen molar-refractivity contribution in [2.75, 3.05) is 13.1 Å². The largest absolute Gasteiger partial charge is 0.508 e. The van der Waals surface area contributed by atoms with Crippen molar-refractivity contribution in [2.45, 2.75) is 57.3 Å². The average Bonchev–Trinajstić information content (AvgIpc) is 3.25. The molecule has 1 aliphatic heterocycles. The molecule has 2 aromatic rings. The van der Waals surface area contributed by atoms with Crippen LogP contribution in [0, 0.1) is 6.92 Å². The normalized spacial score (nSPS) is 19.1. The fourth-order valence-corrected chi connectivity index (χ4v) is 4.29. The second-order valence-corrected chi connectivity index (χ2v) is 8.96. The lowest BCUT2D eigenvalue weighted by Crippen LogP contribution is -2.56. The first-order valence-corrected chi connectivity index (χ1v) is 11.9. The van der Waals surface area contributed by atoms with E-state index in [1.54, 1.807) is 19.1 Å². The van der Waals surface area contributed by atoms with Gasteiger partial charge in [-0.25, -0.2) is 0 Å². The Morgan fingerprint density at radius 2 is 1.86 bits per heavy atom. The van der Waals surface area contributed by atoms with Gasteiger partial charge in [0.2, 0.25) is 5.91 Å². The van der Waals surface area contributed by atoms with Crippen molar-refractivity contribution >= 4 is 17.7 Å². The summed E-state index contributed by atoms with van der Waals surface area (Å²) in [7, 11) is 0. The Bertz CT molecular complexity index is 1050. The standard InChI is InChI=1S/C26H34N4O5/c1-3-12-28-25(34)21-14-18(27)15-30(21)26(35)23(32)20(13-17-8-5-4-6-9-17)29-24(33)19-10-7-11-22(31)16(19)2/h4-11,18,20-21,23,31-32H,3,12-15,27H2,1-2H3,(H,28,34)(H,29,33). The van der Waals surface area contributed by atoms with Gasteiger partial charge in [0.1, 0.15) is 11.8 Å². The first kappa shape index (κ1) is 26.2. The number of aromatic hydroxyl groups is 1. The van der Waals surface area contributed by atoms with Crippen LogP contribution < -0.4 is 16.4 Å². The maximum absolute atomic E-state index is 13.4. The molecule has 3 rings (SSSR count). The number of nitrogens with one attached hydrogen (secondary N) is 2. The lowest BCUT2D eigenvalue weighted by Gasteiger charge is -2.30. The zero-order valence-electron chi connectivity index (χ0n) is 20.1. The van der Waals surface area contributed by atoms with Crippen molar-refractivity contribution in [2.24, 2.45) is 5.73 Å². The number of phenols is 1. The van der Waals surface area contributed by atoms with Crippen LogP contribution in [0.25, 0.3) is 0 Å². The van der Waals surface area contributed by atoms with E-state index in [4.69, 9.17) is 5.73 Å². The molecular weight excluding hydrogens is 448 g/mol. The third-order valence-electron chi connectivity index (χ3n) is 6.27. The minimum atomic E-state index is -1.61. The maximum Gasteiger partial charge on any atom is 0.254 e. The summed E-state index contributed by atoms with van der Waals surface area (Å²) in [6.07, 6.45) is -0.375. The molecule has 0 radical (unpaired) electrons. The topological polar surface area (TPSA) is 145 Å². The molecule has 9 nitrogen and oxygen atoms in total. The number of rotatable bonds is 9. The van der Waals surface area contributed by atoms with Gasteiger partial charge in [0.25, 0.3) is 11.8 Å². The summed E-state index contributed by atoms with van der Waals surface area (Å²) in [5.41, 5.74) is 7.50. The van der Waals surface area contributed by atoms with E-state index in [-0.39, 0.29) is 36.2 Å². The van der Waals surface area contributed by atoms with Gasteiger partial charge >= 0.3 is 0 Å². The third-order valence-corrected chi connectivity index (χ3v) is 6.27. The number of hydrogen-bond donors (Lipinski definition) is 5. The fraction of sp³-hybridized carbons (Fsp3) is 0.423. The van der Waals surface area contributed by atoms with Gasteiger partial charge in [0.05, 0.1) is 6.04 Å². The number of benzene rings is 2. The molecule has 4 unspecified atom stereocenters. The number of phenolic OH excluding ortho intramolecular Hbond substituents is 1. The highest BCUT2D eigenvalue weighted by Gasteiger charge is 2.42. The van der Waals surface area contributed by atoms with Gasteiger partial charge in [-0.3, -0.25) is 14.4 Å². The first-order chi connectivity index (χ1) is 16.7. The first-order valence-electron chi connectivity index (χ1n) is 11.9. The van der Waals surface area contributed by atoms with Gasteiger partial charge in [-0.1, -0.05) is 43.3 Å². The van der Waals surface area contributed by atoms with Crippen LogP contribution in [0.2, 0.25) is 0 Å². The van der Waals surface area contributed by atoms with Gasteiger partial charge in [0, 0.05) is 30.3 Å². The molecule has 4 atom stereocenters. The van der Waals surface area contributed by atoms with Crippen molar-refractivity contribution in [3.05, 3.63) is 65.2 Å². The van der Waals surface area contributed by atoms with Crippen LogP contribution in [0.15, 0.2) is 48.5 Å². The molecule has 6 N–H and O–H groups in total. The van der Waals surface area contributed by atoms with E-state index in [1.807, 2.05) is 37.3 Å². The van der Waals surface area contributed by atoms with E-state index in [0.29, 0.717) is 18.5 Å². The van der Waals surface area contributed by atoms with Gasteiger partial charge < -0.3 is 31.5 Å². The lowest BCUT2D eigenvalue weighted by molar-refractivity contribution is -0.146. The number of carbonyl (C=O) groups excluding carboxylic acids is 3. The quantitative estimate of drug-likeness (QED) is 0.358. The molecule has 188 valence electrons. The Kier molecular flexibility index (Phi) is 8.84. The minimum Gasteiger partial charge on any atom is -0.508 e. The number of hydrogen-bond acceptors (Lipinski definition) is 6. The molecule has 3 amide bonds. The van der Waals surface area contributed by atoms with Gasteiger partial charge in [-0.2, -0.15) is 0 Å². The highest BCUT2D eigenvalue weighted by Crippen LogP contribution is 2.22. The monoisotopic (exact) mass is 482 g/mol. The zero-order chi connectivity index (χ0) is 25.5. The Labute approximate surface area is 205 Å². The smallest absolute Gasteiger partial charge is 0.254 e. The van der Waals surface area contributed by atoms with Crippen LogP contribution in [0.3, 0.4) is 0 Å². The lowest BCUT2D eigenvalue weighted by atomic mass is 9.98. The van der Waals surface area contributed by atoms with Gasteiger partial charge in [-0.05, 0) is 43.9 Å². The van der Waals surface area contributed by atoms with E-state index in [0.717, 1.165) is 12.0 Å². The molecule has 0 spiro atoms. The predicted molar refractivity (Wildman–Crippen MR) is 132 cm³/mol. The van der Waals surface area contributed by atoms with Crippen LogP contribution in [0.4, 0.5) is 0 Å². The predicted octanol–water partition coefficient (Wildman–Crippen LogP) is 0.857. The highest BCUT2D eigenvalue weighted by atomic mass is 16.3. The van der Waals surface area contributed by atoms with Crippen LogP contribution in [0.5, 0.6) is 5.75 Å². The van der Waals surface area contributed by atoms with E-state index in [2.05, 4.69) is 10.6 Å². The summed E-state index contributed by atoms with van der Waals surface area (Å²) in [4.78, 5) is 40.4. The SMILES string of the molecule is CCCNC(=O)C1CC(N)CN1C(=O)C(O)C(Cc1ccccc1)NC(=O)c1cccc(O)c1C. The van der Waals surface area contributed by atoms with E-state index in [9.17, 15) is 24.6 Å². The summed E-state index contributed by atoms with van der Waals surface area (Å²) < 4.78 is 0. The number of aliphatic hydroxyl groups excluding tert-OH is 1. The Morgan fingerprint density at radius 3 is 2.54 bits per heavy atom. The molecule has 0 bridgehead atoms. The Balaban J connectivity index is 1.84. The number of likely N-dealkylation sites (tertiary alicyclic amines) is 1. The molecule has 1 saturated heterocycles. The minimum absolute atomic E-state index is 0.0270. The average molecular weight is 483 g/mol. The summed E-state index contributed by atoms with van der Waals surface area (Å²) in [5, 5.41) is 26.7. The fourth-order valence-electron chi connectivity index (χ4n) is 4.29. The molecule has 35 heavy (non-hydrogen) atoms. The van der Waals surface area contributed by atoms with Gasteiger partial charge in [-0.15, -0.1) is 0 Å². The molecule has 2 aromatic carbocycles. The molecule has 1 heterocycles. The molecule has 0 saturated carbocycles. The number of amides is 3. The Morgan fingerprint density at radius 1 is 1.14 bits per heavy atom. The van der Waals surface area contributed by atoms with Crippen molar-refractivity contribution in [1.29, 1.82) is 0 Å². The third kappa shape index (κ3) is 6.37. The van der Waals surface area contributed by atoms with Crippen LogP contribution >= 0.6 is 0 Å². The van der Waals surface area contributed by atoms with E-state index < -0.39 is 30.0 Å². The van der Waals surface area contributed by atoms with Gasteiger partial charge in [0.15, 0.2) is 6.10 Å². The molecule has 1 aliphatic rings. The van der Waals surface area contributed by atoms with E-state index >= 15 is 0 Å². The molecular formula is C26H34N4O5. The number of carbonyl (C=O) groups is 3. The van der Waals surface area contributed by atoms with Crippen LogP contribution in [-0.2, 0) is 16.0 Å². The maximum atomic E-state index is 13.4. The van der Waals surface area contributed by atoms with Crippen molar-refractivity contribution in [1.82, 2.24) is 15.5 Å². The number of aliphatic hydroxyl groups is 1. The molecule has 1 fully saturated rings. The summed E-state index contributed by atoms with van der Waals surface area (Å²) in [6.45, 7) is 4.16. The molecule has 9 heteroatoms.